The molecule has 0 amide bonds. The van der Waals surface area contributed by atoms with E-state index < -0.39 is 0 Å². The van der Waals surface area contributed by atoms with Crippen molar-refractivity contribution in [1.29, 1.82) is 0 Å². The molecule has 1 saturated heterocycles. The van der Waals surface area contributed by atoms with Crippen molar-refractivity contribution in [3.8, 4) is 0 Å². The van der Waals surface area contributed by atoms with Gasteiger partial charge < -0.3 is 4.52 Å². The van der Waals surface area contributed by atoms with Crippen molar-refractivity contribution in [3.05, 3.63) is 41.8 Å². The molecule has 1 fully saturated rings. The molecule has 0 aliphatic carbocycles. The van der Waals surface area contributed by atoms with Crippen LogP contribution in [0, 0.1) is 0 Å². The summed E-state index contributed by atoms with van der Waals surface area (Å²) in [5.41, 5.74) is 1.27. The molecule has 0 N–H and O–H groups in total. The Balaban J connectivity index is 1.53. The fraction of sp³-hybridized carbons (Fsp3) is 0.588. The van der Waals surface area contributed by atoms with Gasteiger partial charge in [-0.15, -0.1) is 0 Å². The number of hydrogen-bond acceptors (Lipinski definition) is 6. The zero-order valence-corrected chi connectivity index (χ0v) is 14.1. The summed E-state index contributed by atoms with van der Waals surface area (Å²) in [6, 6.07) is 4.30. The molecule has 124 valence electrons. The fourth-order valence-electron chi connectivity index (χ4n) is 2.87. The van der Waals surface area contributed by atoms with E-state index in [0.717, 1.165) is 44.4 Å². The van der Waals surface area contributed by atoms with Gasteiger partial charge in [0.15, 0.2) is 5.82 Å². The summed E-state index contributed by atoms with van der Waals surface area (Å²) in [6.45, 7) is 11.4. The first-order chi connectivity index (χ1) is 11.1. The Labute approximate surface area is 137 Å². The average molecular weight is 315 g/mol. The van der Waals surface area contributed by atoms with Crippen LogP contribution in [0.25, 0.3) is 0 Å². The molecule has 1 aliphatic heterocycles. The van der Waals surface area contributed by atoms with Gasteiger partial charge in [0.05, 0.1) is 6.04 Å². The van der Waals surface area contributed by atoms with Crippen molar-refractivity contribution >= 4 is 0 Å². The maximum atomic E-state index is 5.44. The average Bonchev–Trinajstić information content (AvgIpc) is 3.06. The highest BCUT2D eigenvalue weighted by molar-refractivity contribution is 5.08. The SMILES string of the molecule is CC(C)c1noc([C@@H](C)N2CCN(Cc3cccnc3)CC2)n1. The second kappa shape index (κ2) is 7.19. The van der Waals surface area contributed by atoms with E-state index in [2.05, 4.69) is 51.8 Å². The van der Waals surface area contributed by atoms with Gasteiger partial charge in [0, 0.05) is 51.0 Å². The molecule has 3 rings (SSSR count). The summed E-state index contributed by atoms with van der Waals surface area (Å²) in [7, 11) is 0. The van der Waals surface area contributed by atoms with Gasteiger partial charge in [-0.05, 0) is 18.6 Å². The summed E-state index contributed by atoms with van der Waals surface area (Å²) in [5.74, 6) is 1.83. The van der Waals surface area contributed by atoms with E-state index in [1.54, 1.807) is 0 Å². The molecule has 0 bridgehead atoms. The maximum Gasteiger partial charge on any atom is 0.243 e. The first kappa shape index (κ1) is 16.1. The quantitative estimate of drug-likeness (QED) is 0.845. The molecule has 3 heterocycles. The third-order valence-electron chi connectivity index (χ3n) is 4.41. The zero-order chi connectivity index (χ0) is 16.2. The Hall–Kier alpha value is -1.79. The van der Waals surface area contributed by atoms with Crippen LogP contribution in [-0.2, 0) is 6.54 Å². The molecule has 6 nitrogen and oxygen atoms in total. The number of rotatable bonds is 5. The minimum Gasteiger partial charge on any atom is -0.338 e. The minimum absolute atomic E-state index is 0.176. The summed E-state index contributed by atoms with van der Waals surface area (Å²) >= 11 is 0. The Morgan fingerprint density at radius 3 is 2.57 bits per heavy atom. The fourth-order valence-corrected chi connectivity index (χ4v) is 2.87. The van der Waals surface area contributed by atoms with Gasteiger partial charge in [0.25, 0.3) is 0 Å². The van der Waals surface area contributed by atoms with E-state index in [0.29, 0.717) is 5.92 Å². The Kier molecular flexibility index (Phi) is 5.03. The van der Waals surface area contributed by atoms with Gasteiger partial charge in [-0.25, -0.2) is 0 Å². The van der Waals surface area contributed by atoms with Crippen molar-refractivity contribution in [2.75, 3.05) is 26.2 Å². The largest absolute Gasteiger partial charge is 0.338 e. The smallest absolute Gasteiger partial charge is 0.243 e. The molecule has 6 heteroatoms. The number of aromatic nitrogens is 3. The van der Waals surface area contributed by atoms with Crippen molar-refractivity contribution in [2.24, 2.45) is 0 Å². The van der Waals surface area contributed by atoms with Gasteiger partial charge in [0.1, 0.15) is 0 Å². The topological polar surface area (TPSA) is 58.3 Å². The van der Waals surface area contributed by atoms with Crippen LogP contribution < -0.4 is 0 Å². The summed E-state index contributed by atoms with van der Waals surface area (Å²) in [4.78, 5) is 13.6. The van der Waals surface area contributed by atoms with Crippen LogP contribution in [0.3, 0.4) is 0 Å². The standard InChI is InChI=1S/C17H25N5O/c1-13(2)16-19-17(23-20-16)14(3)22-9-7-21(8-10-22)12-15-5-4-6-18-11-15/h4-6,11,13-14H,7-10,12H2,1-3H3/t14-/m1/s1. The number of hydrogen-bond donors (Lipinski definition) is 0. The van der Waals surface area contributed by atoms with Crippen LogP contribution in [0.2, 0.25) is 0 Å². The van der Waals surface area contributed by atoms with Gasteiger partial charge in [-0.1, -0.05) is 25.1 Å². The van der Waals surface area contributed by atoms with Crippen molar-refractivity contribution in [2.45, 2.75) is 39.3 Å². The second-order valence-electron chi connectivity index (χ2n) is 6.49. The predicted molar refractivity (Wildman–Crippen MR) is 87.9 cm³/mol. The predicted octanol–water partition coefficient (Wildman–Crippen LogP) is 2.47. The van der Waals surface area contributed by atoms with Crippen molar-refractivity contribution < 1.29 is 4.52 Å². The summed E-state index contributed by atoms with van der Waals surface area (Å²) < 4.78 is 5.44. The molecule has 0 saturated carbocycles. The van der Waals surface area contributed by atoms with E-state index in [1.165, 1.54) is 5.56 Å². The lowest BCUT2D eigenvalue weighted by Crippen LogP contribution is -2.46. The summed E-state index contributed by atoms with van der Waals surface area (Å²) in [6.07, 6.45) is 3.76. The molecular weight excluding hydrogens is 290 g/mol. The van der Waals surface area contributed by atoms with E-state index >= 15 is 0 Å². The monoisotopic (exact) mass is 315 g/mol. The van der Waals surface area contributed by atoms with E-state index in [1.807, 2.05) is 18.5 Å². The van der Waals surface area contributed by atoms with Crippen LogP contribution >= 0.6 is 0 Å². The van der Waals surface area contributed by atoms with E-state index in [4.69, 9.17) is 4.52 Å². The van der Waals surface area contributed by atoms with E-state index in [9.17, 15) is 0 Å². The van der Waals surface area contributed by atoms with Crippen LogP contribution in [0.15, 0.2) is 29.0 Å². The Morgan fingerprint density at radius 2 is 1.96 bits per heavy atom. The van der Waals surface area contributed by atoms with Gasteiger partial charge in [-0.2, -0.15) is 4.98 Å². The Morgan fingerprint density at radius 1 is 1.17 bits per heavy atom. The normalized spacial score (nSPS) is 18.4. The molecular formula is C17H25N5O. The van der Waals surface area contributed by atoms with Crippen LogP contribution in [0.5, 0.6) is 0 Å². The molecule has 0 aromatic carbocycles. The highest BCUT2D eigenvalue weighted by Crippen LogP contribution is 2.22. The first-order valence-electron chi connectivity index (χ1n) is 8.32. The Bertz CT molecular complexity index is 604. The highest BCUT2D eigenvalue weighted by Gasteiger charge is 2.26. The third kappa shape index (κ3) is 3.95. The lowest BCUT2D eigenvalue weighted by Gasteiger charge is -2.36. The molecule has 2 aromatic heterocycles. The molecule has 1 atom stereocenters. The van der Waals surface area contributed by atoms with Gasteiger partial charge in [-0.3, -0.25) is 14.8 Å². The molecule has 2 aromatic rings. The van der Waals surface area contributed by atoms with Crippen LogP contribution in [-0.4, -0.2) is 51.1 Å². The maximum absolute atomic E-state index is 5.44. The lowest BCUT2D eigenvalue weighted by atomic mass is 10.2. The third-order valence-corrected chi connectivity index (χ3v) is 4.41. The number of pyridine rings is 1. The van der Waals surface area contributed by atoms with Gasteiger partial charge in [0.2, 0.25) is 5.89 Å². The molecule has 0 spiro atoms. The second-order valence-corrected chi connectivity index (χ2v) is 6.49. The number of nitrogens with zero attached hydrogens (tertiary/aromatic N) is 5. The molecule has 0 radical (unpaired) electrons. The van der Waals surface area contributed by atoms with E-state index in [-0.39, 0.29) is 6.04 Å². The minimum atomic E-state index is 0.176. The van der Waals surface area contributed by atoms with Gasteiger partial charge >= 0.3 is 0 Å². The zero-order valence-electron chi connectivity index (χ0n) is 14.1. The highest BCUT2D eigenvalue weighted by atomic mass is 16.5. The molecule has 0 unspecified atom stereocenters. The molecule has 23 heavy (non-hydrogen) atoms. The number of piperazine rings is 1. The summed E-state index contributed by atoms with van der Waals surface area (Å²) in [5, 5.41) is 4.07. The van der Waals surface area contributed by atoms with Crippen molar-refractivity contribution in [1.82, 2.24) is 24.9 Å². The first-order valence-corrected chi connectivity index (χ1v) is 8.32. The van der Waals surface area contributed by atoms with Crippen LogP contribution in [0.4, 0.5) is 0 Å². The molecule has 1 aliphatic rings. The lowest BCUT2D eigenvalue weighted by molar-refractivity contribution is 0.0845. The van der Waals surface area contributed by atoms with Crippen molar-refractivity contribution in [3.63, 3.8) is 0 Å². The van der Waals surface area contributed by atoms with Crippen LogP contribution in [0.1, 0.15) is 50.0 Å².